The van der Waals surface area contributed by atoms with Crippen molar-refractivity contribution < 1.29 is 4.42 Å². The molecule has 5 rings (SSSR count). The standard InChI is InChI=1S/C12H8S.C7H5NO/c1-3-7-11-9(5-1)10-6-2-4-8-12(10)13-11;1-2-4-7-6(3-1)8-5-9-7/h1-8H;1-5H. The number of benzene rings is 3. The van der Waals surface area contributed by atoms with Crippen LogP contribution in [0.2, 0.25) is 0 Å². The highest BCUT2D eigenvalue weighted by Crippen LogP contribution is 2.32. The number of aromatic nitrogens is 1. The average molecular weight is 303 g/mol. The maximum absolute atomic E-state index is 5.01. The van der Waals surface area contributed by atoms with E-state index in [-0.39, 0.29) is 0 Å². The lowest BCUT2D eigenvalue weighted by atomic mass is 10.2. The first-order valence-electron chi connectivity index (χ1n) is 7.06. The normalized spacial score (nSPS) is 10.7. The van der Waals surface area contributed by atoms with Crippen molar-refractivity contribution in [2.75, 3.05) is 0 Å². The topological polar surface area (TPSA) is 26.0 Å². The molecule has 22 heavy (non-hydrogen) atoms. The van der Waals surface area contributed by atoms with Crippen LogP contribution < -0.4 is 0 Å². The molecule has 2 aromatic heterocycles. The fraction of sp³-hybridized carbons (Fsp3) is 0. The maximum Gasteiger partial charge on any atom is 0.181 e. The highest BCUT2D eigenvalue weighted by Gasteiger charge is 2.01. The molecular formula is C19H13NOS. The van der Waals surface area contributed by atoms with Gasteiger partial charge in [-0.25, -0.2) is 4.98 Å². The van der Waals surface area contributed by atoms with Gasteiger partial charge in [-0.15, -0.1) is 11.3 Å². The van der Waals surface area contributed by atoms with Gasteiger partial charge in [-0.05, 0) is 24.3 Å². The Hall–Kier alpha value is -2.65. The number of hydrogen-bond acceptors (Lipinski definition) is 3. The van der Waals surface area contributed by atoms with Crippen molar-refractivity contribution in [2.24, 2.45) is 0 Å². The second-order valence-corrected chi connectivity index (χ2v) is 6.00. The molecule has 106 valence electrons. The van der Waals surface area contributed by atoms with E-state index in [1.165, 1.54) is 26.6 Å². The molecule has 0 radical (unpaired) electrons. The molecule has 3 aromatic carbocycles. The van der Waals surface area contributed by atoms with Crippen molar-refractivity contribution in [2.45, 2.75) is 0 Å². The minimum absolute atomic E-state index is 0.845. The van der Waals surface area contributed by atoms with Gasteiger partial charge >= 0.3 is 0 Å². The number of fused-ring (bicyclic) bond motifs is 4. The fourth-order valence-corrected chi connectivity index (χ4v) is 3.58. The van der Waals surface area contributed by atoms with Gasteiger partial charge in [0, 0.05) is 20.2 Å². The van der Waals surface area contributed by atoms with Gasteiger partial charge in [-0.1, -0.05) is 48.5 Å². The average Bonchev–Trinajstić information content (AvgIpc) is 3.19. The van der Waals surface area contributed by atoms with Gasteiger partial charge in [0.1, 0.15) is 5.52 Å². The van der Waals surface area contributed by atoms with E-state index in [9.17, 15) is 0 Å². The fourth-order valence-electron chi connectivity index (χ4n) is 2.48. The number of nitrogens with zero attached hydrogens (tertiary/aromatic N) is 1. The van der Waals surface area contributed by atoms with E-state index < -0.39 is 0 Å². The lowest BCUT2D eigenvalue weighted by Crippen LogP contribution is -1.62. The van der Waals surface area contributed by atoms with E-state index in [4.69, 9.17) is 4.42 Å². The van der Waals surface area contributed by atoms with E-state index in [1.54, 1.807) is 0 Å². The molecule has 0 aliphatic carbocycles. The van der Waals surface area contributed by atoms with E-state index >= 15 is 0 Å². The third-order valence-electron chi connectivity index (χ3n) is 3.52. The smallest absolute Gasteiger partial charge is 0.181 e. The van der Waals surface area contributed by atoms with Crippen LogP contribution in [0.25, 0.3) is 31.3 Å². The summed E-state index contributed by atoms with van der Waals surface area (Å²) in [4.78, 5) is 3.95. The second-order valence-electron chi connectivity index (χ2n) is 4.91. The second kappa shape index (κ2) is 5.62. The summed E-state index contributed by atoms with van der Waals surface area (Å²) >= 11 is 1.86. The lowest BCUT2D eigenvalue weighted by Gasteiger charge is -1.88. The number of hydrogen-bond donors (Lipinski definition) is 0. The van der Waals surface area contributed by atoms with Crippen LogP contribution in [0.1, 0.15) is 0 Å². The molecule has 3 heteroatoms. The lowest BCUT2D eigenvalue weighted by molar-refractivity contribution is 0.602. The summed E-state index contributed by atoms with van der Waals surface area (Å²) in [6.07, 6.45) is 1.45. The van der Waals surface area contributed by atoms with Gasteiger partial charge in [0.15, 0.2) is 12.0 Å². The Kier molecular flexibility index (Phi) is 3.33. The van der Waals surface area contributed by atoms with Crippen molar-refractivity contribution in [3.05, 3.63) is 79.2 Å². The SMILES string of the molecule is c1ccc2c(c1)sc1ccccc12.c1ccc2ocnc2c1. The van der Waals surface area contributed by atoms with Gasteiger partial charge in [0.25, 0.3) is 0 Å². The monoisotopic (exact) mass is 303 g/mol. The molecule has 0 aliphatic rings. The molecule has 2 nitrogen and oxygen atoms in total. The van der Waals surface area contributed by atoms with Crippen LogP contribution in [0.3, 0.4) is 0 Å². The summed E-state index contributed by atoms with van der Waals surface area (Å²) in [5, 5.41) is 2.76. The van der Waals surface area contributed by atoms with Gasteiger partial charge in [0.05, 0.1) is 0 Å². The van der Waals surface area contributed by atoms with Gasteiger partial charge in [-0.2, -0.15) is 0 Å². The number of oxazole rings is 1. The Morgan fingerprint density at radius 1 is 0.682 bits per heavy atom. The number of para-hydroxylation sites is 2. The molecule has 0 N–H and O–H groups in total. The van der Waals surface area contributed by atoms with E-state index in [1.807, 2.05) is 35.6 Å². The largest absolute Gasteiger partial charge is 0.443 e. The third kappa shape index (κ3) is 2.36. The van der Waals surface area contributed by atoms with Crippen LogP contribution in [0, 0.1) is 0 Å². The van der Waals surface area contributed by atoms with Crippen LogP contribution in [-0.2, 0) is 0 Å². The molecule has 0 atom stereocenters. The Labute approximate surface area is 131 Å². The molecular weight excluding hydrogens is 290 g/mol. The number of thiophene rings is 1. The Morgan fingerprint density at radius 2 is 1.27 bits per heavy atom. The van der Waals surface area contributed by atoms with Crippen LogP contribution in [0.4, 0.5) is 0 Å². The zero-order chi connectivity index (χ0) is 14.8. The van der Waals surface area contributed by atoms with Crippen molar-refractivity contribution in [1.82, 2.24) is 4.98 Å². The Bertz CT molecular complexity index is 964. The predicted octanol–water partition coefficient (Wildman–Crippen LogP) is 5.88. The first-order chi connectivity index (χ1) is 10.9. The highest BCUT2D eigenvalue weighted by molar-refractivity contribution is 7.25. The summed E-state index contributed by atoms with van der Waals surface area (Å²) in [6.45, 7) is 0. The molecule has 0 amide bonds. The molecule has 0 spiro atoms. The molecule has 5 aromatic rings. The highest BCUT2D eigenvalue weighted by atomic mass is 32.1. The minimum Gasteiger partial charge on any atom is -0.443 e. The summed E-state index contributed by atoms with van der Waals surface area (Å²) in [5.74, 6) is 0. The van der Waals surface area contributed by atoms with Crippen LogP contribution >= 0.6 is 11.3 Å². The first kappa shape index (κ1) is 13.0. The molecule has 0 unspecified atom stereocenters. The van der Waals surface area contributed by atoms with Crippen LogP contribution in [-0.4, -0.2) is 4.98 Å². The summed E-state index contributed by atoms with van der Waals surface area (Å²) in [7, 11) is 0. The molecule has 0 saturated heterocycles. The molecule has 0 bridgehead atoms. The predicted molar refractivity (Wildman–Crippen MR) is 93.3 cm³/mol. The van der Waals surface area contributed by atoms with E-state index in [2.05, 4.69) is 53.5 Å². The van der Waals surface area contributed by atoms with Crippen molar-refractivity contribution in [1.29, 1.82) is 0 Å². The molecule has 0 fully saturated rings. The van der Waals surface area contributed by atoms with Crippen LogP contribution in [0.15, 0.2) is 83.6 Å². The zero-order valence-electron chi connectivity index (χ0n) is 11.8. The number of rotatable bonds is 0. The van der Waals surface area contributed by atoms with Gasteiger partial charge in [0.2, 0.25) is 0 Å². The first-order valence-corrected chi connectivity index (χ1v) is 7.88. The van der Waals surface area contributed by atoms with E-state index in [0.717, 1.165) is 11.1 Å². The van der Waals surface area contributed by atoms with Crippen molar-refractivity contribution >= 4 is 42.6 Å². The Morgan fingerprint density at radius 3 is 1.95 bits per heavy atom. The third-order valence-corrected chi connectivity index (χ3v) is 4.67. The molecule has 0 saturated carbocycles. The van der Waals surface area contributed by atoms with Crippen LogP contribution in [0.5, 0.6) is 0 Å². The van der Waals surface area contributed by atoms with E-state index in [0.29, 0.717) is 0 Å². The molecule has 0 aliphatic heterocycles. The van der Waals surface area contributed by atoms with Crippen molar-refractivity contribution in [3.8, 4) is 0 Å². The summed E-state index contributed by atoms with van der Waals surface area (Å²) in [5.41, 5.74) is 1.76. The molecule has 2 heterocycles. The maximum atomic E-state index is 5.01. The summed E-state index contributed by atoms with van der Waals surface area (Å²) < 4.78 is 7.76. The quantitative estimate of drug-likeness (QED) is 0.357. The minimum atomic E-state index is 0.845. The summed E-state index contributed by atoms with van der Waals surface area (Å²) in [6, 6.07) is 24.8. The van der Waals surface area contributed by atoms with Gasteiger partial charge in [-0.3, -0.25) is 0 Å². The Balaban J connectivity index is 0.000000122. The van der Waals surface area contributed by atoms with Crippen molar-refractivity contribution in [3.63, 3.8) is 0 Å². The zero-order valence-corrected chi connectivity index (χ0v) is 12.6. The van der Waals surface area contributed by atoms with Gasteiger partial charge < -0.3 is 4.42 Å².